The first-order valence-corrected chi connectivity index (χ1v) is 6.27. The van der Waals surface area contributed by atoms with Gasteiger partial charge in [-0.2, -0.15) is 0 Å². The number of methoxy groups -OCH3 is 1. The van der Waals surface area contributed by atoms with Crippen molar-refractivity contribution in [1.82, 2.24) is 5.32 Å². The average molecular weight is 250 g/mol. The average Bonchev–Trinajstić information content (AvgIpc) is 2.40. The highest BCUT2D eigenvalue weighted by atomic mass is 16.5. The molecule has 100 valence electrons. The van der Waals surface area contributed by atoms with E-state index < -0.39 is 0 Å². The first-order valence-electron chi connectivity index (χ1n) is 6.27. The maximum atomic E-state index is 12.0. The van der Waals surface area contributed by atoms with Crippen LogP contribution in [0.15, 0.2) is 24.3 Å². The molecule has 0 aliphatic heterocycles. The number of rotatable bonds is 6. The summed E-state index contributed by atoms with van der Waals surface area (Å²) in [6.45, 7) is 4.28. The number of carbonyl (C=O) groups is 1. The molecule has 4 heteroatoms. The minimum atomic E-state index is -0.123. The van der Waals surface area contributed by atoms with Crippen LogP contribution in [0.3, 0.4) is 0 Å². The van der Waals surface area contributed by atoms with Gasteiger partial charge in [0.1, 0.15) is 5.75 Å². The van der Waals surface area contributed by atoms with Crippen LogP contribution in [0.25, 0.3) is 0 Å². The summed E-state index contributed by atoms with van der Waals surface area (Å²) < 4.78 is 5.29. The molecule has 0 aliphatic carbocycles. The molecule has 1 aromatic rings. The quantitative estimate of drug-likeness (QED) is 0.810. The van der Waals surface area contributed by atoms with Crippen molar-refractivity contribution in [2.45, 2.75) is 26.3 Å². The van der Waals surface area contributed by atoms with Gasteiger partial charge in [-0.3, -0.25) is 4.79 Å². The molecule has 0 radical (unpaired) electrons. The van der Waals surface area contributed by atoms with Crippen LogP contribution in [-0.4, -0.2) is 19.6 Å². The Hall–Kier alpha value is -1.55. The van der Waals surface area contributed by atoms with E-state index in [9.17, 15) is 4.79 Å². The molecule has 1 aromatic carbocycles. The Bertz CT molecular complexity index is 389. The zero-order valence-electron chi connectivity index (χ0n) is 11.3. The van der Waals surface area contributed by atoms with Crippen LogP contribution in [0.2, 0.25) is 0 Å². The Kier molecular flexibility index (Phi) is 5.65. The van der Waals surface area contributed by atoms with E-state index in [4.69, 9.17) is 10.5 Å². The number of hydrogen-bond acceptors (Lipinski definition) is 3. The third kappa shape index (κ3) is 3.47. The molecule has 0 spiro atoms. The van der Waals surface area contributed by atoms with Gasteiger partial charge in [0.15, 0.2) is 0 Å². The van der Waals surface area contributed by atoms with Gasteiger partial charge in [0.2, 0.25) is 5.91 Å². The van der Waals surface area contributed by atoms with Gasteiger partial charge in [0, 0.05) is 18.0 Å². The second kappa shape index (κ2) is 7.01. The number of nitrogens with two attached hydrogens (primary N) is 1. The monoisotopic (exact) mass is 250 g/mol. The first kappa shape index (κ1) is 14.5. The fourth-order valence-electron chi connectivity index (χ4n) is 1.89. The van der Waals surface area contributed by atoms with E-state index in [-0.39, 0.29) is 17.9 Å². The number of ether oxygens (including phenoxy) is 1. The minimum Gasteiger partial charge on any atom is -0.496 e. The Morgan fingerprint density at radius 3 is 2.67 bits per heavy atom. The van der Waals surface area contributed by atoms with Gasteiger partial charge in [0.25, 0.3) is 0 Å². The zero-order valence-corrected chi connectivity index (χ0v) is 11.3. The summed E-state index contributed by atoms with van der Waals surface area (Å²) in [5, 5.41) is 2.97. The topological polar surface area (TPSA) is 64.4 Å². The SMILES string of the molecule is CCC(CN)C(=O)N[C@@H](C)c1ccccc1OC. The summed E-state index contributed by atoms with van der Waals surface area (Å²) in [7, 11) is 1.63. The van der Waals surface area contributed by atoms with E-state index in [1.165, 1.54) is 0 Å². The molecule has 4 nitrogen and oxygen atoms in total. The van der Waals surface area contributed by atoms with E-state index in [0.29, 0.717) is 6.54 Å². The second-order valence-corrected chi connectivity index (χ2v) is 4.31. The second-order valence-electron chi connectivity index (χ2n) is 4.31. The van der Waals surface area contributed by atoms with Crippen LogP contribution in [0.5, 0.6) is 5.75 Å². The van der Waals surface area contributed by atoms with Crippen LogP contribution in [0.4, 0.5) is 0 Å². The molecule has 1 unspecified atom stereocenters. The molecule has 0 bridgehead atoms. The van der Waals surface area contributed by atoms with Crippen molar-refractivity contribution < 1.29 is 9.53 Å². The minimum absolute atomic E-state index is 0.00148. The molecular weight excluding hydrogens is 228 g/mol. The van der Waals surface area contributed by atoms with Gasteiger partial charge in [-0.15, -0.1) is 0 Å². The Labute approximate surface area is 109 Å². The highest BCUT2D eigenvalue weighted by molar-refractivity contribution is 5.79. The molecule has 18 heavy (non-hydrogen) atoms. The Morgan fingerprint density at radius 2 is 2.11 bits per heavy atom. The smallest absolute Gasteiger partial charge is 0.224 e. The molecule has 0 aromatic heterocycles. The van der Waals surface area contributed by atoms with Crippen molar-refractivity contribution in [3.05, 3.63) is 29.8 Å². The lowest BCUT2D eigenvalue weighted by atomic mass is 10.0. The molecule has 0 saturated heterocycles. The molecule has 1 rings (SSSR count). The maximum Gasteiger partial charge on any atom is 0.224 e. The van der Waals surface area contributed by atoms with E-state index in [0.717, 1.165) is 17.7 Å². The Balaban J connectivity index is 2.76. The van der Waals surface area contributed by atoms with Gasteiger partial charge in [-0.1, -0.05) is 25.1 Å². The van der Waals surface area contributed by atoms with E-state index in [2.05, 4.69) is 5.32 Å². The Morgan fingerprint density at radius 1 is 1.44 bits per heavy atom. The summed E-state index contributed by atoms with van der Waals surface area (Å²) >= 11 is 0. The van der Waals surface area contributed by atoms with Gasteiger partial charge < -0.3 is 15.8 Å². The predicted octanol–water partition coefficient (Wildman–Crippen LogP) is 1.86. The van der Waals surface area contributed by atoms with E-state index in [1.54, 1.807) is 7.11 Å². The van der Waals surface area contributed by atoms with Crippen LogP contribution in [0, 0.1) is 5.92 Å². The lowest BCUT2D eigenvalue weighted by molar-refractivity contribution is -0.125. The van der Waals surface area contributed by atoms with Crippen LogP contribution in [-0.2, 0) is 4.79 Å². The maximum absolute atomic E-state index is 12.0. The number of para-hydroxylation sites is 1. The number of benzene rings is 1. The van der Waals surface area contributed by atoms with Crippen molar-refractivity contribution in [3.63, 3.8) is 0 Å². The summed E-state index contributed by atoms with van der Waals surface area (Å²) in [5.74, 6) is 0.659. The largest absolute Gasteiger partial charge is 0.496 e. The third-order valence-corrected chi connectivity index (χ3v) is 3.11. The standard InChI is InChI=1S/C14H22N2O2/c1-4-11(9-15)14(17)16-10(2)12-7-5-6-8-13(12)18-3/h5-8,10-11H,4,9,15H2,1-3H3,(H,16,17)/t10-,11?/m0/s1. The number of amides is 1. The van der Waals surface area contributed by atoms with E-state index in [1.807, 2.05) is 38.1 Å². The zero-order chi connectivity index (χ0) is 13.5. The molecule has 1 amide bonds. The van der Waals surface area contributed by atoms with Gasteiger partial charge in [-0.05, 0) is 19.4 Å². The number of hydrogen-bond donors (Lipinski definition) is 2. The van der Waals surface area contributed by atoms with Crippen molar-refractivity contribution in [1.29, 1.82) is 0 Å². The van der Waals surface area contributed by atoms with Crippen LogP contribution < -0.4 is 15.8 Å². The fourth-order valence-corrected chi connectivity index (χ4v) is 1.89. The summed E-state index contributed by atoms with van der Waals surface area (Å²) in [4.78, 5) is 12.0. The number of carbonyl (C=O) groups excluding carboxylic acids is 1. The molecule has 0 fully saturated rings. The van der Waals surface area contributed by atoms with Crippen LogP contribution >= 0.6 is 0 Å². The van der Waals surface area contributed by atoms with Crippen molar-refractivity contribution in [2.24, 2.45) is 11.7 Å². The molecule has 2 atom stereocenters. The molecule has 3 N–H and O–H groups in total. The molecule has 0 saturated carbocycles. The van der Waals surface area contributed by atoms with Gasteiger partial charge >= 0.3 is 0 Å². The third-order valence-electron chi connectivity index (χ3n) is 3.11. The summed E-state index contributed by atoms with van der Waals surface area (Å²) in [6, 6.07) is 7.59. The van der Waals surface area contributed by atoms with Crippen molar-refractivity contribution >= 4 is 5.91 Å². The first-order chi connectivity index (χ1) is 8.63. The lowest BCUT2D eigenvalue weighted by Gasteiger charge is -2.20. The summed E-state index contributed by atoms with van der Waals surface area (Å²) in [5.41, 5.74) is 6.54. The van der Waals surface area contributed by atoms with Gasteiger partial charge in [0.05, 0.1) is 13.2 Å². The van der Waals surface area contributed by atoms with Gasteiger partial charge in [-0.25, -0.2) is 0 Å². The van der Waals surface area contributed by atoms with Crippen molar-refractivity contribution in [2.75, 3.05) is 13.7 Å². The fraction of sp³-hybridized carbons (Fsp3) is 0.500. The summed E-state index contributed by atoms with van der Waals surface area (Å²) in [6.07, 6.45) is 0.751. The lowest BCUT2D eigenvalue weighted by Crippen LogP contribution is -2.36. The molecule has 0 heterocycles. The predicted molar refractivity (Wildman–Crippen MR) is 72.4 cm³/mol. The van der Waals surface area contributed by atoms with Crippen LogP contribution in [0.1, 0.15) is 31.9 Å². The number of nitrogens with one attached hydrogen (secondary N) is 1. The van der Waals surface area contributed by atoms with Crippen molar-refractivity contribution in [3.8, 4) is 5.75 Å². The molecule has 0 aliphatic rings. The normalized spacial score (nSPS) is 13.8. The highest BCUT2D eigenvalue weighted by Gasteiger charge is 2.18. The van der Waals surface area contributed by atoms with E-state index >= 15 is 0 Å². The highest BCUT2D eigenvalue weighted by Crippen LogP contribution is 2.24. The molecular formula is C14H22N2O2.